The van der Waals surface area contributed by atoms with E-state index >= 15 is 0 Å². The quantitative estimate of drug-likeness (QED) is 0.485. The summed E-state index contributed by atoms with van der Waals surface area (Å²) in [6.45, 7) is 0.439. The fourth-order valence-electron chi connectivity index (χ4n) is 3.54. The Bertz CT molecular complexity index is 1460. The highest BCUT2D eigenvalue weighted by molar-refractivity contribution is 5.98. The van der Waals surface area contributed by atoms with Crippen molar-refractivity contribution in [3.05, 3.63) is 71.5 Å². The highest BCUT2D eigenvalue weighted by atomic mass is 15.1. The van der Waals surface area contributed by atoms with Gasteiger partial charge in [-0.25, -0.2) is 15.0 Å². The van der Waals surface area contributed by atoms with Crippen molar-refractivity contribution >= 4 is 28.0 Å². The number of anilines is 1. The molecule has 2 aromatic carbocycles. The summed E-state index contributed by atoms with van der Waals surface area (Å²) in [5.41, 5.74) is 10.6. The predicted molar refractivity (Wildman–Crippen MR) is 112 cm³/mol. The van der Waals surface area contributed by atoms with Crippen LogP contribution in [0.2, 0.25) is 0 Å². The van der Waals surface area contributed by atoms with Crippen LogP contribution in [0.5, 0.6) is 0 Å². The molecule has 8 heteroatoms. The molecule has 0 saturated heterocycles. The largest absolute Gasteiger partial charge is 0.384 e. The van der Waals surface area contributed by atoms with Crippen molar-refractivity contribution in [1.29, 1.82) is 10.5 Å². The van der Waals surface area contributed by atoms with Gasteiger partial charge in [-0.05, 0) is 17.7 Å². The van der Waals surface area contributed by atoms with Crippen LogP contribution in [0.3, 0.4) is 0 Å². The van der Waals surface area contributed by atoms with Crippen LogP contribution in [-0.2, 0) is 6.54 Å². The molecule has 0 radical (unpaired) electrons. The molecule has 0 spiro atoms. The Kier molecular flexibility index (Phi) is 3.90. The van der Waals surface area contributed by atoms with Gasteiger partial charge in [0.25, 0.3) is 0 Å². The van der Waals surface area contributed by atoms with Gasteiger partial charge in [0.15, 0.2) is 17.0 Å². The topological polar surface area (TPSA) is 133 Å². The maximum Gasteiger partial charge on any atom is 0.179 e. The van der Waals surface area contributed by atoms with E-state index in [1.54, 1.807) is 4.57 Å². The van der Waals surface area contributed by atoms with E-state index in [2.05, 4.69) is 19.9 Å². The zero-order valence-electron chi connectivity index (χ0n) is 15.7. The van der Waals surface area contributed by atoms with Crippen LogP contribution < -0.4 is 5.73 Å². The van der Waals surface area contributed by atoms with Crippen molar-refractivity contribution in [2.45, 2.75) is 6.54 Å². The van der Waals surface area contributed by atoms with Gasteiger partial charge in [0.2, 0.25) is 0 Å². The van der Waals surface area contributed by atoms with Crippen molar-refractivity contribution in [2.24, 2.45) is 0 Å². The molecule has 0 atom stereocenters. The van der Waals surface area contributed by atoms with Crippen molar-refractivity contribution in [3.63, 3.8) is 0 Å². The molecule has 0 aliphatic rings. The number of nitrogen functional groups attached to an aromatic ring is 1. The minimum atomic E-state index is -0.0424. The lowest BCUT2D eigenvalue weighted by Crippen LogP contribution is -2.06. The van der Waals surface area contributed by atoms with Crippen LogP contribution in [0.15, 0.2) is 54.6 Å². The molecule has 0 bridgehead atoms. The number of aromatic amines is 1. The second-order valence-electron chi connectivity index (χ2n) is 6.75. The lowest BCUT2D eigenvalue weighted by atomic mass is 10.2. The van der Waals surface area contributed by atoms with E-state index in [9.17, 15) is 10.5 Å². The molecule has 0 fully saturated rings. The second kappa shape index (κ2) is 6.73. The Morgan fingerprint density at radius 2 is 1.60 bits per heavy atom. The Morgan fingerprint density at radius 1 is 0.900 bits per heavy atom. The predicted octanol–water partition coefficient (Wildman–Crippen LogP) is 3.35. The van der Waals surface area contributed by atoms with Gasteiger partial charge < -0.3 is 15.3 Å². The van der Waals surface area contributed by atoms with E-state index in [-0.39, 0.29) is 11.4 Å². The van der Waals surface area contributed by atoms with E-state index in [4.69, 9.17) is 5.73 Å². The van der Waals surface area contributed by atoms with Gasteiger partial charge in [-0.15, -0.1) is 0 Å². The number of H-pyrrole nitrogens is 1. The number of para-hydroxylation sites is 2. The molecule has 0 unspecified atom stereocenters. The first-order valence-corrected chi connectivity index (χ1v) is 9.18. The number of nitrogens with one attached hydrogen (secondary N) is 1. The first kappa shape index (κ1) is 17.4. The van der Waals surface area contributed by atoms with Gasteiger partial charge in [-0.3, -0.25) is 0 Å². The van der Waals surface area contributed by atoms with Gasteiger partial charge in [-0.2, -0.15) is 10.5 Å². The van der Waals surface area contributed by atoms with E-state index < -0.39 is 0 Å². The minimum absolute atomic E-state index is 0.0343. The molecule has 3 aromatic heterocycles. The SMILES string of the molecule is N#Cc1nc2c(-c3nc4ccccc4[nH]3)c(N)n(Cc3ccccc3)c2nc1C#N. The Labute approximate surface area is 170 Å². The number of nitriles is 2. The average Bonchev–Trinajstić information content (AvgIpc) is 3.32. The first-order valence-electron chi connectivity index (χ1n) is 9.18. The minimum Gasteiger partial charge on any atom is -0.384 e. The van der Waals surface area contributed by atoms with Crippen molar-refractivity contribution in [2.75, 3.05) is 5.73 Å². The number of aromatic nitrogens is 5. The summed E-state index contributed by atoms with van der Waals surface area (Å²) >= 11 is 0. The third-order valence-corrected chi connectivity index (χ3v) is 4.94. The summed E-state index contributed by atoms with van der Waals surface area (Å²) in [5, 5.41) is 18.8. The summed E-state index contributed by atoms with van der Waals surface area (Å²) in [5.74, 6) is 0.945. The van der Waals surface area contributed by atoms with Gasteiger partial charge >= 0.3 is 0 Å². The third kappa shape index (κ3) is 2.64. The Balaban J connectivity index is 1.82. The molecule has 0 amide bonds. The zero-order chi connectivity index (χ0) is 20.7. The van der Waals surface area contributed by atoms with Gasteiger partial charge in [0.1, 0.15) is 29.3 Å². The highest BCUT2D eigenvalue weighted by Gasteiger charge is 2.24. The third-order valence-electron chi connectivity index (χ3n) is 4.94. The van der Waals surface area contributed by atoms with Crippen molar-refractivity contribution in [3.8, 4) is 23.5 Å². The van der Waals surface area contributed by atoms with Crippen LogP contribution in [0.25, 0.3) is 33.6 Å². The number of hydrogen-bond acceptors (Lipinski definition) is 6. The maximum absolute atomic E-state index is 9.43. The van der Waals surface area contributed by atoms with Crippen LogP contribution in [0.4, 0.5) is 5.82 Å². The Hall–Kier alpha value is -4.69. The summed E-state index contributed by atoms with van der Waals surface area (Å²) < 4.78 is 1.79. The standard InChI is InChI=1S/C22H14N8/c23-10-16-17(11-24)29-22-19(26-16)18(21-27-14-8-4-5-9-15(14)28-21)20(25)30(22)12-13-6-2-1-3-7-13/h1-9H,12,25H2,(H,27,28). The molecule has 3 N–H and O–H groups in total. The molecule has 0 saturated carbocycles. The maximum atomic E-state index is 9.43. The number of nitrogens with zero attached hydrogens (tertiary/aromatic N) is 6. The van der Waals surface area contributed by atoms with Crippen molar-refractivity contribution in [1.82, 2.24) is 24.5 Å². The number of hydrogen-bond donors (Lipinski definition) is 2. The molecular weight excluding hydrogens is 376 g/mol. The monoisotopic (exact) mass is 390 g/mol. The summed E-state index contributed by atoms with van der Waals surface area (Å²) in [4.78, 5) is 16.8. The molecular formula is C22H14N8. The summed E-state index contributed by atoms with van der Waals surface area (Å²) in [7, 11) is 0. The zero-order valence-corrected chi connectivity index (χ0v) is 15.7. The van der Waals surface area contributed by atoms with Gasteiger partial charge in [0, 0.05) is 0 Å². The summed E-state index contributed by atoms with van der Waals surface area (Å²) in [6, 6.07) is 21.3. The Morgan fingerprint density at radius 3 is 2.33 bits per heavy atom. The molecule has 5 aromatic rings. The number of fused-ring (bicyclic) bond motifs is 2. The van der Waals surface area contributed by atoms with Crippen LogP contribution in [0.1, 0.15) is 17.0 Å². The van der Waals surface area contributed by atoms with Crippen LogP contribution >= 0.6 is 0 Å². The fraction of sp³-hybridized carbons (Fsp3) is 0.0455. The van der Waals surface area contributed by atoms with Gasteiger partial charge in [0.05, 0.1) is 23.1 Å². The average molecular weight is 390 g/mol. The number of rotatable bonds is 3. The molecule has 0 aliphatic heterocycles. The lowest BCUT2D eigenvalue weighted by Gasteiger charge is -2.07. The molecule has 5 rings (SSSR count). The fourth-order valence-corrected chi connectivity index (χ4v) is 3.54. The molecule has 8 nitrogen and oxygen atoms in total. The normalized spacial score (nSPS) is 10.9. The molecule has 30 heavy (non-hydrogen) atoms. The molecule has 0 aliphatic carbocycles. The highest BCUT2D eigenvalue weighted by Crippen LogP contribution is 2.35. The van der Waals surface area contributed by atoms with E-state index in [1.807, 2.05) is 66.7 Å². The summed E-state index contributed by atoms with van der Waals surface area (Å²) in [6.07, 6.45) is 0. The number of imidazole rings is 1. The second-order valence-corrected chi connectivity index (χ2v) is 6.75. The smallest absolute Gasteiger partial charge is 0.179 e. The molecule has 142 valence electrons. The van der Waals surface area contributed by atoms with Crippen LogP contribution in [-0.4, -0.2) is 24.5 Å². The number of nitrogens with two attached hydrogens (primary N) is 1. The van der Waals surface area contributed by atoms with E-state index in [1.165, 1.54) is 0 Å². The first-order chi connectivity index (χ1) is 14.7. The van der Waals surface area contributed by atoms with Crippen molar-refractivity contribution < 1.29 is 0 Å². The lowest BCUT2D eigenvalue weighted by molar-refractivity contribution is 0.834. The van der Waals surface area contributed by atoms with Crippen LogP contribution in [0, 0.1) is 22.7 Å². The molecule has 3 heterocycles. The van der Waals surface area contributed by atoms with E-state index in [0.29, 0.717) is 34.9 Å². The van der Waals surface area contributed by atoms with Gasteiger partial charge in [-0.1, -0.05) is 42.5 Å². The number of benzene rings is 2. The van der Waals surface area contributed by atoms with E-state index in [0.717, 1.165) is 16.6 Å².